The van der Waals surface area contributed by atoms with Gasteiger partial charge in [0, 0.05) is 12.7 Å². The molecule has 1 rings (SSSR count). The zero-order chi connectivity index (χ0) is 14.6. The molecular weight excluding hydrogens is 268 g/mol. The molecule has 6 heteroatoms. The maximum absolute atomic E-state index is 11.3. The van der Waals surface area contributed by atoms with Gasteiger partial charge in [-0.1, -0.05) is 17.8 Å². The lowest BCUT2D eigenvalue weighted by molar-refractivity contribution is -0.109. The number of ketones is 1. The van der Waals surface area contributed by atoms with Crippen LogP contribution in [0.25, 0.3) is 0 Å². The number of aliphatic hydroxyl groups excluding tert-OH is 2. The molecule has 0 aliphatic heterocycles. The van der Waals surface area contributed by atoms with E-state index in [0.29, 0.717) is 5.56 Å². The molecule has 1 aromatic carbocycles. The molecule has 0 saturated carbocycles. The molecule has 0 amide bonds. The van der Waals surface area contributed by atoms with Gasteiger partial charge in [-0.25, -0.2) is 0 Å². The van der Waals surface area contributed by atoms with Gasteiger partial charge in [-0.15, -0.1) is 0 Å². The minimum atomic E-state index is -1.22. The van der Waals surface area contributed by atoms with Crippen molar-refractivity contribution in [3.05, 3.63) is 29.3 Å². The first kappa shape index (κ1) is 15.7. The van der Waals surface area contributed by atoms with E-state index in [1.54, 1.807) is 0 Å². The van der Waals surface area contributed by atoms with Crippen molar-refractivity contribution in [2.24, 2.45) is 0 Å². The third-order valence-electron chi connectivity index (χ3n) is 2.56. The Labute approximate surface area is 115 Å². The third-order valence-corrected chi connectivity index (χ3v) is 3.48. The molecule has 19 heavy (non-hydrogen) atoms. The van der Waals surface area contributed by atoms with Crippen LogP contribution in [0, 0.1) is 0 Å². The van der Waals surface area contributed by atoms with Crippen molar-refractivity contribution >= 4 is 22.7 Å². The van der Waals surface area contributed by atoms with Crippen molar-refractivity contribution in [1.29, 1.82) is 0 Å². The molecule has 0 aliphatic rings. The third kappa shape index (κ3) is 4.34. The SMILES string of the molecule is CC(=O)SCC(O)C(O)c1ccc(O)c(C(C)=O)c1. The number of aliphatic hydroxyl groups is 2. The molecule has 5 nitrogen and oxygen atoms in total. The van der Waals surface area contributed by atoms with E-state index in [0.717, 1.165) is 11.8 Å². The number of benzene rings is 1. The summed E-state index contributed by atoms with van der Waals surface area (Å²) >= 11 is 0.911. The summed E-state index contributed by atoms with van der Waals surface area (Å²) in [7, 11) is 0. The van der Waals surface area contributed by atoms with Gasteiger partial charge in [0.25, 0.3) is 0 Å². The Kier molecular flexibility index (Phi) is 5.53. The summed E-state index contributed by atoms with van der Waals surface area (Å²) < 4.78 is 0. The standard InChI is InChI=1S/C13H16O5S/c1-7(14)10-5-9(3-4-11(10)16)13(18)12(17)6-19-8(2)15/h3-5,12-13,16-18H,6H2,1-2H3. The number of carbonyl (C=O) groups is 2. The zero-order valence-corrected chi connectivity index (χ0v) is 11.5. The molecule has 0 heterocycles. The van der Waals surface area contributed by atoms with Gasteiger partial charge in [0.15, 0.2) is 10.9 Å². The zero-order valence-electron chi connectivity index (χ0n) is 10.7. The first-order chi connectivity index (χ1) is 8.82. The number of aromatic hydroxyl groups is 1. The molecule has 2 atom stereocenters. The molecule has 0 fully saturated rings. The number of hydrogen-bond donors (Lipinski definition) is 3. The van der Waals surface area contributed by atoms with Gasteiger partial charge in [-0.3, -0.25) is 9.59 Å². The number of phenols is 1. The topological polar surface area (TPSA) is 94.8 Å². The van der Waals surface area contributed by atoms with Gasteiger partial charge < -0.3 is 15.3 Å². The van der Waals surface area contributed by atoms with E-state index in [9.17, 15) is 24.9 Å². The predicted octanol–water partition coefficient (Wildman–Crippen LogP) is 1.27. The second kappa shape index (κ2) is 6.70. The van der Waals surface area contributed by atoms with Gasteiger partial charge >= 0.3 is 0 Å². The Balaban J connectivity index is 2.87. The summed E-state index contributed by atoms with van der Waals surface area (Å²) in [6.45, 7) is 2.67. The fourth-order valence-corrected chi connectivity index (χ4v) is 2.12. The molecule has 1 aromatic rings. The lowest BCUT2D eigenvalue weighted by atomic mass is 10.0. The average molecular weight is 284 g/mol. The molecule has 0 aromatic heterocycles. The maximum Gasteiger partial charge on any atom is 0.185 e. The van der Waals surface area contributed by atoms with Crippen LogP contribution in [0.4, 0.5) is 0 Å². The molecule has 0 bridgehead atoms. The minimum absolute atomic E-state index is 0.0623. The van der Waals surface area contributed by atoms with Crippen LogP contribution >= 0.6 is 11.8 Å². The Morgan fingerprint density at radius 2 is 1.89 bits per heavy atom. The number of phenolic OH excluding ortho intramolecular Hbond substituents is 1. The van der Waals surface area contributed by atoms with Crippen LogP contribution in [0.3, 0.4) is 0 Å². The van der Waals surface area contributed by atoms with Gasteiger partial charge in [0.05, 0.1) is 11.7 Å². The lowest BCUT2D eigenvalue weighted by Crippen LogP contribution is -2.21. The summed E-state index contributed by atoms with van der Waals surface area (Å²) in [5.41, 5.74) is 0.405. The van der Waals surface area contributed by atoms with Crippen LogP contribution < -0.4 is 0 Å². The van der Waals surface area contributed by atoms with E-state index in [4.69, 9.17) is 0 Å². The first-order valence-electron chi connectivity index (χ1n) is 5.66. The van der Waals surface area contributed by atoms with Gasteiger partial charge in [0.1, 0.15) is 11.9 Å². The van der Waals surface area contributed by atoms with E-state index in [-0.39, 0.29) is 28.0 Å². The van der Waals surface area contributed by atoms with Crippen LogP contribution in [-0.2, 0) is 4.79 Å². The van der Waals surface area contributed by atoms with Crippen LogP contribution in [0.15, 0.2) is 18.2 Å². The highest BCUT2D eigenvalue weighted by molar-refractivity contribution is 8.13. The number of hydrogen-bond acceptors (Lipinski definition) is 6. The van der Waals surface area contributed by atoms with E-state index < -0.39 is 12.2 Å². The molecule has 0 saturated heterocycles. The predicted molar refractivity (Wildman–Crippen MR) is 72.2 cm³/mol. The number of carbonyl (C=O) groups excluding carboxylic acids is 2. The maximum atomic E-state index is 11.3. The average Bonchev–Trinajstić information content (AvgIpc) is 2.35. The Bertz CT molecular complexity index is 486. The molecule has 3 N–H and O–H groups in total. The summed E-state index contributed by atoms with van der Waals surface area (Å²) in [5.74, 6) is -0.442. The molecule has 0 aliphatic carbocycles. The highest BCUT2D eigenvalue weighted by atomic mass is 32.2. The van der Waals surface area contributed by atoms with Crippen LogP contribution in [0.1, 0.15) is 35.9 Å². The summed E-state index contributed by atoms with van der Waals surface area (Å²) in [4.78, 5) is 22.1. The monoisotopic (exact) mass is 284 g/mol. The number of thioether (sulfide) groups is 1. The van der Waals surface area contributed by atoms with E-state index in [1.165, 1.54) is 32.0 Å². The minimum Gasteiger partial charge on any atom is -0.507 e. The highest BCUT2D eigenvalue weighted by Crippen LogP contribution is 2.25. The molecule has 104 valence electrons. The lowest BCUT2D eigenvalue weighted by Gasteiger charge is -2.18. The van der Waals surface area contributed by atoms with Crippen molar-refractivity contribution < 1.29 is 24.9 Å². The molecular formula is C13H16O5S. The van der Waals surface area contributed by atoms with Crippen molar-refractivity contribution in [1.82, 2.24) is 0 Å². The van der Waals surface area contributed by atoms with Gasteiger partial charge in [0.2, 0.25) is 0 Å². The summed E-state index contributed by atoms with van der Waals surface area (Å²) in [6, 6.07) is 4.05. The normalized spacial score (nSPS) is 13.9. The van der Waals surface area contributed by atoms with Crippen molar-refractivity contribution in [3.63, 3.8) is 0 Å². The highest BCUT2D eigenvalue weighted by Gasteiger charge is 2.20. The second-order valence-electron chi connectivity index (χ2n) is 4.15. The number of Topliss-reactive ketones (excluding diaryl/α,β-unsaturated/α-hetero) is 1. The summed E-state index contributed by atoms with van der Waals surface area (Å²) in [5, 5.41) is 29.0. The number of rotatable bonds is 5. The van der Waals surface area contributed by atoms with Gasteiger partial charge in [-0.2, -0.15) is 0 Å². The van der Waals surface area contributed by atoms with Crippen LogP contribution in [0.2, 0.25) is 0 Å². The molecule has 2 unspecified atom stereocenters. The molecule has 0 spiro atoms. The van der Waals surface area contributed by atoms with Crippen LogP contribution in [0.5, 0.6) is 5.75 Å². The van der Waals surface area contributed by atoms with Crippen molar-refractivity contribution in [2.75, 3.05) is 5.75 Å². The Morgan fingerprint density at radius 1 is 1.26 bits per heavy atom. The molecule has 0 radical (unpaired) electrons. The Morgan fingerprint density at radius 3 is 2.42 bits per heavy atom. The summed E-state index contributed by atoms with van der Waals surface area (Å²) in [6.07, 6.45) is -2.34. The first-order valence-corrected chi connectivity index (χ1v) is 6.64. The second-order valence-corrected chi connectivity index (χ2v) is 5.34. The van der Waals surface area contributed by atoms with Crippen LogP contribution in [-0.4, -0.2) is 38.1 Å². The fraction of sp³-hybridized carbons (Fsp3) is 0.385. The van der Waals surface area contributed by atoms with Crippen molar-refractivity contribution in [2.45, 2.75) is 26.1 Å². The van der Waals surface area contributed by atoms with E-state index >= 15 is 0 Å². The largest absolute Gasteiger partial charge is 0.507 e. The van der Waals surface area contributed by atoms with E-state index in [1.807, 2.05) is 0 Å². The van der Waals surface area contributed by atoms with Gasteiger partial charge in [-0.05, 0) is 24.6 Å². The smallest absolute Gasteiger partial charge is 0.185 e. The van der Waals surface area contributed by atoms with E-state index in [2.05, 4.69) is 0 Å². The van der Waals surface area contributed by atoms with Crippen molar-refractivity contribution in [3.8, 4) is 5.75 Å². The quantitative estimate of drug-likeness (QED) is 0.705. The fourth-order valence-electron chi connectivity index (χ4n) is 1.54. The Hall–Kier alpha value is -1.37.